The lowest BCUT2D eigenvalue weighted by molar-refractivity contribution is -0.116. The van der Waals surface area contributed by atoms with Crippen molar-refractivity contribution in [3.8, 4) is 0 Å². The Kier molecular flexibility index (Phi) is 6.71. The Hall–Kier alpha value is -3.15. The van der Waals surface area contributed by atoms with Gasteiger partial charge in [0.15, 0.2) is 0 Å². The summed E-state index contributed by atoms with van der Waals surface area (Å²) in [4.78, 5) is 37.8. The van der Waals surface area contributed by atoms with Gasteiger partial charge in [0.1, 0.15) is 0 Å². The van der Waals surface area contributed by atoms with Crippen LogP contribution in [0.1, 0.15) is 38.8 Å². The van der Waals surface area contributed by atoms with Crippen molar-refractivity contribution >= 4 is 23.5 Å². The van der Waals surface area contributed by atoms with Crippen molar-refractivity contribution in [2.45, 2.75) is 20.8 Å². The number of esters is 1. The number of hydrogen-bond donors (Lipinski definition) is 1. The molecule has 2 rings (SSSR count). The van der Waals surface area contributed by atoms with Crippen molar-refractivity contribution in [1.29, 1.82) is 0 Å². The molecule has 6 nitrogen and oxygen atoms in total. The number of ether oxygens (including phenoxy) is 1. The molecule has 2 amide bonds. The minimum atomic E-state index is -0.518. The number of carbonyl (C=O) groups excluding carboxylic acids is 3. The van der Waals surface area contributed by atoms with Gasteiger partial charge in [-0.15, -0.1) is 0 Å². The van der Waals surface area contributed by atoms with Crippen LogP contribution in [0.25, 0.3) is 0 Å². The largest absolute Gasteiger partial charge is 0.465 e. The number of nitrogens with one attached hydrogen (secondary N) is 1. The lowest BCUT2D eigenvalue weighted by Gasteiger charge is -2.23. The zero-order valence-corrected chi connectivity index (χ0v) is 16.0. The first kappa shape index (κ1) is 20.2. The highest BCUT2D eigenvalue weighted by Gasteiger charge is 2.19. The van der Waals surface area contributed by atoms with Gasteiger partial charge in [-0.3, -0.25) is 9.59 Å². The van der Waals surface area contributed by atoms with Crippen molar-refractivity contribution in [2.24, 2.45) is 0 Å². The topological polar surface area (TPSA) is 75.7 Å². The molecule has 142 valence electrons. The van der Waals surface area contributed by atoms with E-state index in [2.05, 4.69) is 5.32 Å². The Bertz CT molecular complexity index is 861. The fourth-order valence-corrected chi connectivity index (χ4v) is 2.71. The van der Waals surface area contributed by atoms with Crippen LogP contribution in [-0.2, 0) is 9.53 Å². The number of anilines is 1. The van der Waals surface area contributed by atoms with Gasteiger partial charge in [-0.25, -0.2) is 4.79 Å². The number of methoxy groups -OCH3 is 1. The van der Waals surface area contributed by atoms with Gasteiger partial charge in [0.2, 0.25) is 5.91 Å². The molecule has 0 heterocycles. The summed E-state index contributed by atoms with van der Waals surface area (Å²) in [6.07, 6.45) is 0. The molecular formula is C21H24N2O4. The molecule has 0 aliphatic heterocycles. The summed E-state index contributed by atoms with van der Waals surface area (Å²) in [6.45, 7) is 5.84. The molecule has 0 spiro atoms. The lowest BCUT2D eigenvalue weighted by atomic mass is 10.1. The van der Waals surface area contributed by atoms with Crippen LogP contribution in [0.15, 0.2) is 42.5 Å². The van der Waals surface area contributed by atoms with E-state index in [1.54, 1.807) is 30.3 Å². The number of nitrogens with zero attached hydrogens (tertiary/aromatic N) is 1. The first-order chi connectivity index (χ1) is 12.8. The van der Waals surface area contributed by atoms with E-state index in [4.69, 9.17) is 4.74 Å². The van der Waals surface area contributed by atoms with Crippen LogP contribution in [0.2, 0.25) is 0 Å². The van der Waals surface area contributed by atoms with E-state index in [-0.39, 0.29) is 24.9 Å². The number of rotatable bonds is 6. The summed E-state index contributed by atoms with van der Waals surface area (Å²) in [5.74, 6) is -0.953. The van der Waals surface area contributed by atoms with Gasteiger partial charge >= 0.3 is 5.97 Å². The molecule has 0 saturated carbocycles. The highest BCUT2D eigenvalue weighted by molar-refractivity contribution is 6.02. The second-order valence-electron chi connectivity index (χ2n) is 6.23. The fraction of sp³-hybridized carbons (Fsp3) is 0.286. The third-order valence-corrected chi connectivity index (χ3v) is 4.37. The standard InChI is InChI=1S/C21H24N2O4/c1-14-9-10-17(13-15(14)2)20(25)22-11-12-23(16(3)24)19-8-6-5-7-18(19)21(26)27-4/h5-10,13H,11-12H2,1-4H3,(H,22,25). The molecule has 0 bridgehead atoms. The molecule has 0 aliphatic carbocycles. The molecule has 6 heteroatoms. The number of hydrogen-bond acceptors (Lipinski definition) is 4. The van der Waals surface area contributed by atoms with Crippen LogP contribution in [-0.4, -0.2) is 38.0 Å². The van der Waals surface area contributed by atoms with Gasteiger partial charge in [-0.1, -0.05) is 18.2 Å². The Balaban J connectivity index is 2.10. The minimum Gasteiger partial charge on any atom is -0.465 e. The van der Waals surface area contributed by atoms with E-state index < -0.39 is 5.97 Å². The Morgan fingerprint density at radius 3 is 2.37 bits per heavy atom. The number of amides is 2. The van der Waals surface area contributed by atoms with E-state index >= 15 is 0 Å². The molecule has 2 aromatic carbocycles. The molecule has 2 aromatic rings. The van der Waals surface area contributed by atoms with Crippen LogP contribution in [0.4, 0.5) is 5.69 Å². The molecule has 0 aromatic heterocycles. The Labute approximate surface area is 159 Å². The summed E-state index contributed by atoms with van der Waals surface area (Å²) in [7, 11) is 1.29. The third-order valence-electron chi connectivity index (χ3n) is 4.37. The zero-order chi connectivity index (χ0) is 20.0. The smallest absolute Gasteiger partial charge is 0.339 e. The van der Waals surface area contributed by atoms with Crippen molar-refractivity contribution in [3.63, 3.8) is 0 Å². The summed E-state index contributed by atoms with van der Waals surface area (Å²) in [5, 5.41) is 2.81. The summed E-state index contributed by atoms with van der Waals surface area (Å²) in [6, 6.07) is 12.2. The number of aryl methyl sites for hydroxylation is 2. The number of benzene rings is 2. The summed E-state index contributed by atoms with van der Waals surface area (Å²) >= 11 is 0. The maximum Gasteiger partial charge on any atom is 0.339 e. The van der Waals surface area contributed by atoms with Crippen molar-refractivity contribution in [3.05, 3.63) is 64.7 Å². The van der Waals surface area contributed by atoms with Gasteiger partial charge in [0.05, 0.1) is 18.4 Å². The monoisotopic (exact) mass is 368 g/mol. The predicted octanol–water partition coefficient (Wildman–Crippen LogP) is 2.87. The highest BCUT2D eigenvalue weighted by atomic mass is 16.5. The van der Waals surface area contributed by atoms with E-state index in [0.29, 0.717) is 16.8 Å². The van der Waals surface area contributed by atoms with Gasteiger partial charge in [-0.05, 0) is 49.2 Å². The molecule has 0 atom stereocenters. The third kappa shape index (κ3) is 4.94. The van der Waals surface area contributed by atoms with E-state index in [1.165, 1.54) is 18.9 Å². The molecule has 27 heavy (non-hydrogen) atoms. The quantitative estimate of drug-likeness (QED) is 0.796. The van der Waals surface area contributed by atoms with Crippen LogP contribution < -0.4 is 10.2 Å². The molecule has 0 radical (unpaired) electrons. The van der Waals surface area contributed by atoms with E-state index in [0.717, 1.165) is 11.1 Å². The van der Waals surface area contributed by atoms with Crippen molar-refractivity contribution < 1.29 is 19.1 Å². The lowest BCUT2D eigenvalue weighted by Crippen LogP contribution is -2.38. The Morgan fingerprint density at radius 1 is 1.04 bits per heavy atom. The number of para-hydroxylation sites is 1. The first-order valence-corrected chi connectivity index (χ1v) is 8.66. The van der Waals surface area contributed by atoms with Gasteiger partial charge in [-0.2, -0.15) is 0 Å². The summed E-state index contributed by atoms with van der Waals surface area (Å²) in [5.41, 5.74) is 3.49. The molecule has 0 aliphatic rings. The molecular weight excluding hydrogens is 344 g/mol. The average Bonchev–Trinajstić information content (AvgIpc) is 2.66. The maximum atomic E-state index is 12.3. The molecule has 0 unspecified atom stereocenters. The SMILES string of the molecule is COC(=O)c1ccccc1N(CCNC(=O)c1ccc(C)c(C)c1)C(C)=O. The van der Waals surface area contributed by atoms with Crippen LogP contribution >= 0.6 is 0 Å². The zero-order valence-electron chi connectivity index (χ0n) is 16.0. The molecule has 0 fully saturated rings. The second kappa shape index (κ2) is 8.98. The van der Waals surface area contributed by atoms with Crippen molar-refractivity contribution in [1.82, 2.24) is 5.32 Å². The van der Waals surface area contributed by atoms with Crippen LogP contribution in [0, 0.1) is 13.8 Å². The molecule has 1 N–H and O–H groups in total. The van der Waals surface area contributed by atoms with Gasteiger partial charge in [0, 0.05) is 25.6 Å². The highest BCUT2D eigenvalue weighted by Crippen LogP contribution is 2.21. The predicted molar refractivity (Wildman–Crippen MR) is 104 cm³/mol. The molecule has 0 saturated heterocycles. The van der Waals surface area contributed by atoms with E-state index in [1.807, 2.05) is 26.0 Å². The second-order valence-corrected chi connectivity index (χ2v) is 6.23. The maximum absolute atomic E-state index is 12.3. The van der Waals surface area contributed by atoms with Gasteiger partial charge < -0.3 is 15.0 Å². The Morgan fingerprint density at radius 2 is 1.74 bits per heavy atom. The van der Waals surface area contributed by atoms with Crippen LogP contribution in [0.5, 0.6) is 0 Å². The first-order valence-electron chi connectivity index (χ1n) is 8.66. The van der Waals surface area contributed by atoms with Crippen molar-refractivity contribution in [2.75, 3.05) is 25.1 Å². The normalized spacial score (nSPS) is 10.2. The van der Waals surface area contributed by atoms with Crippen LogP contribution in [0.3, 0.4) is 0 Å². The number of carbonyl (C=O) groups is 3. The summed E-state index contributed by atoms with van der Waals surface area (Å²) < 4.78 is 4.78. The van der Waals surface area contributed by atoms with E-state index in [9.17, 15) is 14.4 Å². The van der Waals surface area contributed by atoms with Gasteiger partial charge in [0.25, 0.3) is 5.91 Å². The average molecular weight is 368 g/mol. The fourth-order valence-electron chi connectivity index (χ4n) is 2.71. The minimum absolute atomic E-state index is 0.206.